The number of ether oxygens (including phenoxy) is 1. The van der Waals surface area contributed by atoms with Gasteiger partial charge in [-0.25, -0.2) is 13.2 Å². The molecule has 0 aromatic carbocycles. The number of carbonyl (C=O) groups is 2. The monoisotopic (exact) mass is 350 g/mol. The maximum Gasteiger partial charge on any atom is 0.314 e. The van der Waals surface area contributed by atoms with Gasteiger partial charge in [-0.1, -0.05) is 6.92 Å². The van der Waals surface area contributed by atoms with E-state index in [2.05, 4.69) is 16.0 Å². The molecule has 1 saturated heterocycles. The van der Waals surface area contributed by atoms with E-state index < -0.39 is 16.1 Å². The molecule has 0 spiro atoms. The first-order valence-corrected chi connectivity index (χ1v) is 9.40. The molecule has 3 amide bonds. The molecular weight excluding hydrogens is 324 g/mol. The van der Waals surface area contributed by atoms with Gasteiger partial charge in [0.05, 0.1) is 19.0 Å². The number of rotatable bonds is 9. The quantitative estimate of drug-likeness (QED) is 0.486. The Balaban J connectivity index is 2.14. The first kappa shape index (κ1) is 19.7. The highest BCUT2D eigenvalue weighted by Gasteiger charge is 2.23. The second-order valence-corrected chi connectivity index (χ2v) is 7.20. The lowest BCUT2D eigenvalue weighted by molar-refractivity contribution is -0.120. The summed E-state index contributed by atoms with van der Waals surface area (Å²) in [7, 11) is -3.38. The zero-order valence-corrected chi connectivity index (χ0v) is 14.3. The first-order chi connectivity index (χ1) is 11.0. The summed E-state index contributed by atoms with van der Waals surface area (Å²) in [6.45, 7) is 4.29. The van der Waals surface area contributed by atoms with E-state index in [0.717, 1.165) is 6.42 Å². The zero-order chi connectivity index (χ0) is 17.1. The van der Waals surface area contributed by atoms with Gasteiger partial charge >= 0.3 is 6.03 Å². The second kappa shape index (κ2) is 10.4. The molecule has 3 N–H and O–H groups in total. The Morgan fingerprint density at radius 1 is 1.04 bits per heavy atom. The van der Waals surface area contributed by atoms with Crippen molar-refractivity contribution < 1.29 is 22.7 Å². The fourth-order valence-corrected chi connectivity index (χ4v) is 3.28. The predicted molar refractivity (Wildman–Crippen MR) is 85.5 cm³/mol. The molecule has 0 aromatic heterocycles. The normalized spacial score (nSPS) is 15.9. The number of urea groups is 1. The number of hydrogen-bond donors (Lipinski definition) is 3. The summed E-state index contributed by atoms with van der Waals surface area (Å²) in [4.78, 5) is 22.8. The summed E-state index contributed by atoms with van der Waals surface area (Å²) in [5.74, 6) is -0.278. The Kier molecular flexibility index (Phi) is 8.89. The van der Waals surface area contributed by atoms with Crippen molar-refractivity contribution >= 4 is 22.0 Å². The van der Waals surface area contributed by atoms with Crippen molar-refractivity contribution in [3.8, 4) is 0 Å². The fourth-order valence-electron chi connectivity index (χ4n) is 1.95. The highest BCUT2D eigenvalue weighted by atomic mass is 32.2. The molecule has 0 aliphatic carbocycles. The third-order valence-electron chi connectivity index (χ3n) is 3.22. The number of sulfonamides is 1. The number of carbonyl (C=O) groups excluding carboxylic acids is 2. The molecule has 1 aliphatic rings. The molecule has 134 valence electrons. The fraction of sp³-hybridized carbons (Fsp3) is 0.846. The minimum absolute atomic E-state index is 0.0214. The van der Waals surface area contributed by atoms with Gasteiger partial charge in [0.1, 0.15) is 0 Å². The van der Waals surface area contributed by atoms with E-state index in [1.807, 2.05) is 6.92 Å². The van der Waals surface area contributed by atoms with Crippen LogP contribution in [0.15, 0.2) is 0 Å². The SMILES string of the molecule is CCCNC(=O)CCNC(=O)NCCS(=O)(=O)N1CCOCC1. The van der Waals surface area contributed by atoms with Crippen LogP contribution in [-0.2, 0) is 19.6 Å². The lowest BCUT2D eigenvalue weighted by Crippen LogP contribution is -2.45. The summed E-state index contributed by atoms with van der Waals surface area (Å²) in [5.41, 5.74) is 0. The van der Waals surface area contributed by atoms with E-state index in [9.17, 15) is 18.0 Å². The van der Waals surface area contributed by atoms with Crippen molar-refractivity contribution in [1.82, 2.24) is 20.3 Å². The number of nitrogens with zero attached hydrogens (tertiary/aromatic N) is 1. The topological polar surface area (TPSA) is 117 Å². The molecule has 0 unspecified atom stereocenters. The predicted octanol–water partition coefficient (Wildman–Crippen LogP) is -1.14. The molecule has 10 heteroatoms. The Morgan fingerprint density at radius 3 is 2.35 bits per heavy atom. The van der Waals surface area contributed by atoms with Crippen molar-refractivity contribution in [3.05, 3.63) is 0 Å². The van der Waals surface area contributed by atoms with E-state index >= 15 is 0 Å². The summed E-state index contributed by atoms with van der Waals surface area (Å²) < 4.78 is 30.5. The van der Waals surface area contributed by atoms with E-state index in [4.69, 9.17) is 4.74 Å². The van der Waals surface area contributed by atoms with E-state index in [1.54, 1.807) is 0 Å². The van der Waals surface area contributed by atoms with Crippen LogP contribution in [0.25, 0.3) is 0 Å². The Labute approximate surface area is 137 Å². The van der Waals surface area contributed by atoms with Crippen LogP contribution in [-0.4, -0.2) is 76.4 Å². The highest BCUT2D eigenvalue weighted by molar-refractivity contribution is 7.89. The third kappa shape index (κ3) is 8.14. The lowest BCUT2D eigenvalue weighted by atomic mass is 10.4. The van der Waals surface area contributed by atoms with Crippen LogP contribution in [0.4, 0.5) is 4.79 Å². The maximum atomic E-state index is 12.0. The molecule has 0 bridgehead atoms. The van der Waals surface area contributed by atoms with Crippen LogP contribution in [0, 0.1) is 0 Å². The second-order valence-electron chi connectivity index (χ2n) is 5.11. The smallest absolute Gasteiger partial charge is 0.314 e. The van der Waals surface area contributed by atoms with Gasteiger partial charge in [-0.3, -0.25) is 4.79 Å². The van der Waals surface area contributed by atoms with Crippen molar-refractivity contribution in [1.29, 1.82) is 0 Å². The molecule has 1 rings (SSSR count). The molecule has 0 aromatic rings. The average Bonchev–Trinajstić information content (AvgIpc) is 2.53. The third-order valence-corrected chi connectivity index (χ3v) is 5.09. The van der Waals surface area contributed by atoms with E-state index in [1.165, 1.54) is 4.31 Å². The Bertz CT molecular complexity index is 477. The molecule has 0 radical (unpaired) electrons. The van der Waals surface area contributed by atoms with Gasteiger partial charge in [0.2, 0.25) is 15.9 Å². The van der Waals surface area contributed by atoms with Gasteiger partial charge in [-0.2, -0.15) is 4.31 Å². The molecule has 23 heavy (non-hydrogen) atoms. The summed E-state index contributed by atoms with van der Waals surface area (Å²) in [6.07, 6.45) is 1.05. The largest absolute Gasteiger partial charge is 0.379 e. The van der Waals surface area contributed by atoms with Crippen molar-refractivity contribution in [2.24, 2.45) is 0 Å². The first-order valence-electron chi connectivity index (χ1n) is 7.79. The van der Waals surface area contributed by atoms with Crippen LogP contribution in [0.2, 0.25) is 0 Å². The van der Waals surface area contributed by atoms with Gasteiger partial charge in [-0.15, -0.1) is 0 Å². The molecule has 1 aliphatic heterocycles. The van der Waals surface area contributed by atoms with Crippen molar-refractivity contribution in [2.75, 3.05) is 51.7 Å². The Hall–Kier alpha value is -1.39. The summed E-state index contributed by atoms with van der Waals surface area (Å²) >= 11 is 0. The van der Waals surface area contributed by atoms with Crippen molar-refractivity contribution in [2.45, 2.75) is 19.8 Å². The maximum absolute atomic E-state index is 12.0. The van der Waals surface area contributed by atoms with Crippen LogP contribution in [0.1, 0.15) is 19.8 Å². The molecule has 0 atom stereocenters. The number of amides is 3. The minimum Gasteiger partial charge on any atom is -0.379 e. The minimum atomic E-state index is -3.38. The lowest BCUT2D eigenvalue weighted by Gasteiger charge is -2.26. The van der Waals surface area contributed by atoms with E-state index in [0.29, 0.717) is 32.8 Å². The molecule has 0 saturated carbocycles. The van der Waals surface area contributed by atoms with Gasteiger partial charge in [-0.05, 0) is 6.42 Å². The molecule has 1 fully saturated rings. The molecule has 9 nitrogen and oxygen atoms in total. The summed E-state index contributed by atoms with van der Waals surface area (Å²) in [5, 5.41) is 7.69. The molecular formula is C13H26N4O5S. The molecule has 1 heterocycles. The van der Waals surface area contributed by atoms with Crippen LogP contribution >= 0.6 is 0 Å². The summed E-state index contributed by atoms with van der Waals surface area (Å²) in [6, 6.07) is -0.481. The zero-order valence-electron chi connectivity index (χ0n) is 13.5. The van der Waals surface area contributed by atoms with Gasteiger partial charge < -0.3 is 20.7 Å². The average molecular weight is 350 g/mol. The van der Waals surface area contributed by atoms with Crippen LogP contribution < -0.4 is 16.0 Å². The van der Waals surface area contributed by atoms with Crippen molar-refractivity contribution in [3.63, 3.8) is 0 Å². The van der Waals surface area contributed by atoms with E-state index in [-0.39, 0.29) is 31.2 Å². The van der Waals surface area contributed by atoms with Gasteiger partial charge in [0, 0.05) is 39.1 Å². The number of nitrogens with one attached hydrogen (secondary N) is 3. The van der Waals surface area contributed by atoms with Gasteiger partial charge in [0.15, 0.2) is 0 Å². The number of hydrogen-bond acceptors (Lipinski definition) is 5. The number of morpholine rings is 1. The van der Waals surface area contributed by atoms with Gasteiger partial charge in [0.25, 0.3) is 0 Å². The Morgan fingerprint density at radius 2 is 1.70 bits per heavy atom. The van der Waals surface area contributed by atoms with Crippen LogP contribution in [0.3, 0.4) is 0 Å². The standard InChI is InChI=1S/C13H26N4O5S/c1-2-4-14-12(18)3-5-15-13(19)16-6-11-23(20,21)17-7-9-22-10-8-17/h2-11H2,1H3,(H,14,18)(H2,15,16,19). The highest BCUT2D eigenvalue weighted by Crippen LogP contribution is 2.04. The van der Waals surface area contributed by atoms with Crippen LogP contribution in [0.5, 0.6) is 0 Å².